The second-order valence-electron chi connectivity index (χ2n) is 3.62. The molecule has 0 aliphatic carbocycles. The van der Waals surface area contributed by atoms with Gasteiger partial charge in [0.25, 0.3) is 0 Å². The van der Waals surface area contributed by atoms with Gasteiger partial charge in [-0.05, 0) is 12.1 Å². The van der Waals surface area contributed by atoms with Crippen LogP contribution in [0.5, 0.6) is 5.75 Å². The SMILES string of the molecule is Nc1ccc(OC2CCOCC2)c(F)c1. The second kappa shape index (κ2) is 4.49. The number of hydrogen-bond acceptors (Lipinski definition) is 3. The Kier molecular flexibility index (Phi) is 3.06. The van der Waals surface area contributed by atoms with Gasteiger partial charge in [0.05, 0.1) is 13.2 Å². The van der Waals surface area contributed by atoms with Gasteiger partial charge in [-0.1, -0.05) is 0 Å². The number of anilines is 1. The summed E-state index contributed by atoms with van der Waals surface area (Å²) < 4.78 is 24.1. The Labute approximate surface area is 88.0 Å². The van der Waals surface area contributed by atoms with Crippen LogP contribution in [0.1, 0.15) is 12.8 Å². The van der Waals surface area contributed by atoms with Crippen LogP contribution in [0.4, 0.5) is 10.1 Å². The Morgan fingerprint density at radius 1 is 1.33 bits per heavy atom. The third-order valence-electron chi connectivity index (χ3n) is 2.42. The fourth-order valence-corrected chi connectivity index (χ4v) is 1.59. The lowest BCUT2D eigenvalue weighted by atomic mass is 10.1. The fourth-order valence-electron chi connectivity index (χ4n) is 1.59. The summed E-state index contributed by atoms with van der Waals surface area (Å²) >= 11 is 0. The zero-order valence-corrected chi connectivity index (χ0v) is 8.41. The molecule has 3 nitrogen and oxygen atoms in total. The van der Waals surface area contributed by atoms with Crippen LogP contribution < -0.4 is 10.5 Å². The molecule has 1 saturated heterocycles. The molecule has 1 aromatic rings. The zero-order chi connectivity index (χ0) is 10.7. The van der Waals surface area contributed by atoms with E-state index in [-0.39, 0.29) is 11.9 Å². The maximum atomic E-state index is 13.4. The van der Waals surface area contributed by atoms with Gasteiger partial charge in [0.1, 0.15) is 6.10 Å². The van der Waals surface area contributed by atoms with E-state index >= 15 is 0 Å². The minimum Gasteiger partial charge on any atom is -0.487 e. The topological polar surface area (TPSA) is 44.5 Å². The van der Waals surface area contributed by atoms with Gasteiger partial charge in [-0.3, -0.25) is 0 Å². The van der Waals surface area contributed by atoms with E-state index in [0.717, 1.165) is 12.8 Å². The predicted molar refractivity (Wildman–Crippen MR) is 55.3 cm³/mol. The summed E-state index contributed by atoms with van der Waals surface area (Å²) in [5, 5.41) is 0. The van der Waals surface area contributed by atoms with Crippen LogP contribution in [-0.2, 0) is 4.74 Å². The summed E-state index contributed by atoms with van der Waals surface area (Å²) in [5.74, 6) is -0.127. The van der Waals surface area contributed by atoms with Crippen molar-refractivity contribution in [2.75, 3.05) is 18.9 Å². The molecule has 1 aromatic carbocycles. The molecule has 2 rings (SSSR count). The van der Waals surface area contributed by atoms with E-state index in [0.29, 0.717) is 18.9 Å². The molecule has 0 atom stereocenters. The summed E-state index contributed by atoms with van der Waals surface area (Å²) in [6.07, 6.45) is 1.67. The number of ether oxygens (including phenoxy) is 2. The average molecular weight is 211 g/mol. The Morgan fingerprint density at radius 3 is 2.73 bits per heavy atom. The van der Waals surface area contributed by atoms with Crippen LogP contribution in [-0.4, -0.2) is 19.3 Å². The van der Waals surface area contributed by atoms with Crippen molar-refractivity contribution in [3.63, 3.8) is 0 Å². The van der Waals surface area contributed by atoms with Crippen molar-refractivity contribution in [2.24, 2.45) is 0 Å². The molecule has 0 amide bonds. The Balaban J connectivity index is 2.03. The van der Waals surface area contributed by atoms with E-state index in [2.05, 4.69) is 0 Å². The largest absolute Gasteiger partial charge is 0.487 e. The molecule has 15 heavy (non-hydrogen) atoms. The molecule has 4 heteroatoms. The van der Waals surface area contributed by atoms with Crippen molar-refractivity contribution in [3.05, 3.63) is 24.0 Å². The molecule has 0 bridgehead atoms. The number of rotatable bonds is 2. The number of halogens is 1. The van der Waals surface area contributed by atoms with E-state index in [1.165, 1.54) is 6.07 Å². The smallest absolute Gasteiger partial charge is 0.167 e. The highest BCUT2D eigenvalue weighted by molar-refractivity contribution is 5.42. The number of nitrogens with two attached hydrogens (primary N) is 1. The standard InChI is InChI=1S/C11H14FNO2/c12-10-7-8(13)1-2-11(10)15-9-3-5-14-6-4-9/h1-2,7,9H,3-6,13H2. The first-order valence-electron chi connectivity index (χ1n) is 5.05. The maximum Gasteiger partial charge on any atom is 0.167 e. The summed E-state index contributed by atoms with van der Waals surface area (Å²) in [6, 6.07) is 4.48. The molecular formula is C11H14FNO2. The molecule has 1 aliphatic rings. The molecule has 82 valence electrons. The van der Waals surface area contributed by atoms with E-state index in [9.17, 15) is 4.39 Å². The van der Waals surface area contributed by atoms with E-state index in [1.807, 2.05) is 0 Å². The molecule has 1 heterocycles. The lowest BCUT2D eigenvalue weighted by molar-refractivity contribution is 0.0240. The minimum absolute atomic E-state index is 0.0527. The van der Waals surface area contributed by atoms with Crippen LogP contribution in [0.25, 0.3) is 0 Å². The normalized spacial score (nSPS) is 17.7. The second-order valence-corrected chi connectivity index (χ2v) is 3.62. The van der Waals surface area contributed by atoms with Gasteiger partial charge in [0, 0.05) is 24.6 Å². The van der Waals surface area contributed by atoms with Gasteiger partial charge in [0.15, 0.2) is 11.6 Å². The van der Waals surface area contributed by atoms with Crippen LogP contribution >= 0.6 is 0 Å². The van der Waals surface area contributed by atoms with Gasteiger partial charge in [-0.15, -0.1) is 0 Å². The summed E-state index contributed by atoms with van der Waals surface area (Å²) in [7, 11) is 0. The van der Waals surface area contributed by atoms with Crippen LogP contribution in [0.3, 0.4) is 0 Å². The molecule has 0 spiro atoms. The highest BCUT2D eigenvalue weighted by Crippen LogP contribution is 2.23. The van der Waals surface area contributed by atoms with Gasteiger partial charge < -0.3 is 15.2 Å². The minimum atomic E-state index is -0.401. The monoisotopic (exact) mass is 211 g/mol. The third-order valence-corrected chi connectivity index (χ3v) is 2.42. The molecule has 0 aromatic heterocycles. The predicted octanol–water partition coefficient (Wildman–Crippen LogP) is 1.97. The van der Waals surface area contributed by atoms with Gasteiger partial charge in [-0.25, -0.2) is 4.39 Å². The number of benzene rings is 1. The first kappa shape index (κ1) is 10.2. The third kappa shape index (κ3) is 2.59. The van der Waals surface area contributed by atoms with E-state index in [4.69, 9.17) is 15.2 Å². The molecular weight excluding hydrogens is 197 g/mol. The molecule has 0 radical (unpaired) electrons. The molecule has 1 aliphatic heterocycles. The number of hydrogen-bond donors (Lipinski definition) is 1. The Morgan fingerprint density at radius 2 is 2.07 bits per heavy atom. The summed E-state index contributed by atoms with van der Waals surface area (Å²) in [6.45, 7) is 1.36. The maximum absolute atomic E-state index is 13.4. The van der Waals surface area contributed by atoms with Crippen molar-refractivity contribution < 1.29 is 13.9 Å². The highest BCUT2D eigenvalue weighted by atomic mass is 19.1. The first-order valence-corrected chi connectivity index (χ1v) is 5.05. The van der Waals surface area contributed by atoms with Gasteiger partial charge in [-0.2, -0.15) is 0 Å². The lowest BCUT2D eigenvalue weighted by Crippen LogP contribution is -2.26. The quantitative estimate of drug-likeness (QED) is 0.760. The van der Waals surface area contributed by atoms with Crippen LogP contribution in [0.2, 0.25) is 0 Å². The Bertz CT molecular complexity index is 337. The molecule has 0 saturated carbocycles. The average Bonchev–Trinajstić information content (AvgIpc) is 2.24. The van der Waals surface area contributed by atoms with Crippen molar-refractivity contribution in [2.45, 2.75) is 18.9 Å². The summed E-state index contributed by atoms with van der Waals surface area (Å²) in [4.78, 5) is 0. The van der Waals surface area contributed by atoms with Gasteiger partial charge in [0.2, 0.25) is 0 Å². The number of nitrogen functional groups attached to an aromatic ring is 1. The van der Waals surface area contributed by atoms with Gasteiger partial charge >= 0.3 is 0 Å². The van der Waals surface area contributed by atoms with Crippen molar-refractivity contribution in [3.8, 4) is 5.75 Å². The Hall–Kier alpha value is -1.29. The highest BCUT2D eigenvalue weighted by Gasteiger charge is 2.16. The fraction of sp³-hybridized carbons (Fsp3) is 0.455. The van der Waals surface area contributed by atoms with Crippen molar-refractivity contribution in [1.29, 1.82) is 0 Å². The molecule has 1 fully saturated rings. The van der Waals surface area contributed by atoms with E-state index < -0.39 is 5.82 Å². The van der Waals surface area contributed by atoms with E-state index in [1.54, 1.807) is 12.1 Å². The lowest BCUT2D eigenvalue weighted by Gasteiger charge is -2.23. The zero-order valence-electron chi connectivity index (χ0n) is 8.41. The molecule has 0 unspecified atom stereocenters. The molecule has 2 N–H and O–H groups in total. The van der Waals surface area contributed by atoms with Crippen molar-refractivity contribution in [1.82, 2.24) is 0 Å². The van der Waals surface area contributed by atoms with Crippen molar-refractivity contribution >= 4 is 5.69 Å². The van der Waals surface area contributed by atoms with Crippen LogP contribution in [0, 0.1) is 5.82 Å². The first-order chi connectivity index (χ1) is 7.25. The summed E-state index contributed by atoms with van der Waals surface area (Å²) in [5.41, 5.74) is 5.85. The van der Waals surface area contributed by atoms with Crippen LogP contribution in [0.15, 0.2) is 18.2 Å².